The van der Waals surface area contributed by atoms with Gasteiger partial charge in [0, 0.05) is 31.5 Å². The monoisotopic (exact) mass is 500 g/mol. The molecule has 9 heteroatoms. The average molecular weight is 501 g/mol. The molecule has 0 radical (unpaired) electrons. The molecule has 0 aliphatic carbocycles. The summed E-state index contributed by atoms with van der Waals surface area (Å²) in [6.07, 6.45) is 1.30. The molecular weight excluding hydrogens is 460 g/mol. The third kappa shape index (κ3) is 4.26. The number of hydrogen-bond acceptors (Lipinski definition) is 6. The smallest absolute Gasteiger partial charge is 0.250 e. The lowest BCUT2D eigenvalue weighted by Gasteiger charge is -2.37. The zero-order valence-electron chi connectivity index (χ0n) is 22.0. The Morgan fingerprint density at radius 2 is 1.86 bits per heavy atom. The molecule has 3 N–H and O–H groups in total. The summed E-state index contributed by atoms with van der Waals surface area (Å²) in [5, 5.41) is 16.0. The summed E-state index contributed by atoms with van der Waals surface area (Å²) in [5.41, 5.74) is 0.620. The highest BCUT2D eigenvalue weighted by molar-refractivity contribution is 6.03. The zero-order chi connectivity index (χ0) is 26.2. The van der Waals surface area contributed by atoms with Crippen molar-refractivity contribution in [1.29, 1.82) is 0 Å². The van der Waals surface area contributed by atoms with Crippen molar-refractivity contribution >= 4 is 29.1 Å². The Bertz CT molecular complexity index is 979. The van der Waals surface area contributed by atoms with Gasteiger partial charge in [0.05, 0.1) is 30.6 Å². The van der Waals surface area contributed by atoms with Crippen LogP contribution in [-0.4, -0.2) is 78.3 Å². The van der Waals surface area contributed by atoms with Crippen molar-refractivity contribution in [2.24, 2.45) is 17.8 Å². The van der Waals surface area contributed by atoms with Crippen molar-refractivity contribution < 1.29 is 24.2 Å². The van der Waals surface area contributed by atoms with E-state index in [1.807, 2.05) is 38.1 Å². The van der Waals surface area contributed by atoms with Crippen LogP contribution in [0.4, 0.5) is 11.4 Å². The number of rotatable bonds is 10. The summed E-state index contributed by atoms with van der Waals surface area (Å²) in [5.74, 6) is -2.03. The van der Waals surface area contributed by atoms with Crippen LogP contribution in [0.1, 0.15) is 47.0 Å². The Kier molecular flexibility index (Phi) is 7.61. The summed E-state index contributed by atoms with van der Waals surface area (Å²) in [4.78, 5) is 44.4. The van der Waals surface area contributed by atoms with Crippen LogP contribution in [0.5, 0.6) is 0 Å². The van der Waals surface area contributed by atoms with Gasteiger partial charge in [0.15, 0.2) is 0 Å². The number of nitrogens with zero attached hydrogens (tertiary/aromatic N) is 2. The SMILES string of the molecule is CCN(CC)c1ccc(NC(=O)C2N([C@@H](CO)CC(C)C)C(=O)[C@@H]3[C@@H](C(=O)NC)[C@H]4CCC23O4)cc1. The van der Waals surface area contributed by atoms with E-state index in [9.17, 15) is 19.5 Å². The van der Waals surface area contributed by atoms with E-state index in [1.54, 1.807) is 7.05 Å². The number of amides is 3. The van der Waals surface area contributed by atoms with E-state index in [4.69, 9.17) is 4.74 Å². The van der Waals surface area contributed by atoms with E-state index < -0.39 is 29.5 Å². The first-order valence-corrected chi connectivity index (χ1v) is 13.2. The molecule has 3 fully saturated rings. The molecule has 2 bridgehead atoms. The maximum Gasteiger partial charge on any atom is 0.250 e. The molecule has 0 saturated carbocycles. The normalized spacial score (nSPS) is 29.4. The number of ether oxygens (including phenoxy) is 1. The maximum atomic E-state index is 13.9. The van der Waals surface area contributed by atoms with Crippen LogP contribution in [-0.2, 0) is 19.1 Å². The first-order chi connectivity index (χ1) is 17.2. The van der Waals surface area contributed by atoms with Crippen LogP contribution >= 0.6 is 0 Å². The van der Waals surface area contributed by atoms with E-state index in [0.717, 1.165) is 18.8 Å². The number of carbonyl (C=O) groups is 3. The largest absolute Gasteiger partial charge is 0.394 e. The molecule has 3 amide bonds. The molecule has 3 aliphatic heterocycles. The van der Waals surface area contributed by atoms with Crippen LogP contribution in [0, 0.1) is 17.8 Å². The van der Waals surface area contributed by atoms with Gasteiger partial charge in [0.25, 0.3) is 0 Å². The number of likely N-dealkylation sites (tertiary alicyclic amines) is 1. The third-order valence-corrected chi connectivity index (χ3v) is 8.15. The number of carbonyl (C=O) groups excluding carboxylic acids is 3. The minimum Gasteiger partial charge on any atom is -0.394 e. The van der Waals surface area contributed by atoms with Crippen LogP contribution in [0.25, 0.3) is 0 Å². The number of benzene rings is 1. The fraction of sp³-hybridized carbons (Fsp3) is 0.667. The van der Waals surface area contributed by atoms with E-state index in [0.29, 0.717) is 24.9 Å². The molecular formula is C27H40N4O5. The van der Waals surface area contributed by atoms with Crippen molar-refractivity contribution in [3.8, 4) is 0 Å². The van der Waals surface area contributed by atoms with Gasteiger partial charge in [0.1, 0.15) is 11.6 Å². The lowest BCUT2D eigenvalue weighted by atomic mass is 9.70. The minimum atomic E-state index is -1.07. The second-order valence-corrected chi connectivity index (χ2v) is 10.6. The molecule has 3 aliphatic rings. The van der Waals surface area contributed by atoms with E-state index >= 15 is 0 Å². The van der Waals surface area contributed by atoms with Crippen molar-refractivity contribution in [3.05, 3.63) is 24.3 Å². The van der Waals surface area contributed by atoms with Crippen LogP contribution < -0.4 is 15.5 Å². The molecule has 36 heavy (non-hydrogen) atoms. The number of aliphatic hydroxyl groups excluding tert-OH is 1. The second-order valence-electron chi connectivity index (χ2n) is 10.6. The molecule has 198 valence electrons. The highest BCUT2D eigenvalue weighted by atomic mass is 16.5. The van der Waals surface area contributed by atoms with Crippen molar-refractivity contribution in [2.75, 3.05) is 37.0 Å². The topological polar surface area (TPSA) is 111 Å². The van der Waals surface area contributed by atoms with Gasteiger partial charge in [0.2, 0.25) is 17.7 Å². The van der Waals surface area contributed by atoms with E-state index in [-0.39, 0.29) is 36.4 Å². The summed E-state index contributed by atoms with van der Waals surface area (Å²) in [7, 11) is 1.56. The van der Waals surface area contributed by atoms with E-state index in [1.165, 1.54) is 4.90 Å². The van der Waals surface area contributed by atoms with E-state index in [2.05, 4.69) is 29.4 Å². The van der Waals surface area contributed by atoms with Crippen LogP contribution in [0.2, 0.25) is 0 Å². The summed E-state index contributed by atoms with van der Waals surface area (Å²) < 4.78 is 6.40. The standard InChI is InChI=1S/C27H40N4O5/c1-6-30(7-2)18-10-8-17(9-11-18)29-25(34)23-27-13-12-20(36-27)21(24(33)28-5)22(27)26(35)31(23)19(15-32)14-16(3)4/h8-11,16,19-23,32H,6-7,12-15H2,1-5H3,(H,28,33)(H,29,34)/t19-,20-,21+,22+,23?,27?/m1/s1. The van der Waals surface area contributed by atoms with Gasteiger partial charge in [-0.15, -0.1) is 0 Å². The van der Waals surface area contributed by atoms with Gasteiger partial charge in [-0.2, -0.15) is 0 Å². The third-order valence-electron chi connectivity index (χ3n) is 8.15. The van der Waals surface area contributed by atoms with Crippen LogP contribution in [0.3, 0.4) is 0 Å². The second kappa shape index (κ2) is 10.4. The maximum absolute atomic E-state index is 13.9. The van der Waals surface area contributed by atoms with Gasteiger partial charge in [-0.1, -0.05) is 13.8 Å². The highest BCUT2D eigenvalue weighted by Gasteiger charge is 2.75. The minimum absolute atomic E-state index is 0.205. The summed E-state index contributed by atoms with van der Waals surface area (Å²) in [6, 6.07) is 6.20. The molecule has 0 aromatic heterocycles. The zero-order valence-corrected chi connectivity index (χ0v) is 22.0. The molecule has 6 atom stereocenters. The Hall–Kier alpha value is -2.65. The molecule has 3 saturated heterocycles. The number of anilines is 2. The number of fused-ring (bicyclic) bond motifs is 1. The first-order valence-electron chi connectivity index (χ1n) is 13.2. The van der Waals surface area contributed by atoms with Gasteiger partial charge < -0.3 is 30.3 Å². The van der Waals surface area contributed by atoms with Crippen molar-refractivity contribution in [3.63, 3.8) is 0 Å². The fourth-order valence-electron chi connectivity index (χ4n) is 6.63. The Morgan fingerprint density at radius 3 is 2.42 bits per heavy atom. The lowest BCUT2D eigenvalue weighted by Crippen LogP contribution is -2.56. The Morgan fingerprint density at radius 1 is 1.19 bits per heavy atom. The average Bonchev–Trinajstić information content (AvgIpc) is 3.51. The number of aliphatic hydroxyl groups is 1. The molecule has 4 rings (SSSR count). The highest BCUT2D eigenvalue weighted by Crippen LogP contribution is 2.59. The Labute approximate surface area is 213 Å². The Balaban J connectivity index is 1.68. The van der Waals surface area contributed by atoms with Crippen LogP contribution in [0.15, 0.2) is 24.3 Å². The summed E-state index contributed by atoms with van der Waals surface area (Å²) in [6.45, 7) is 9.73. The molecule has 1 spiro atoms. The molecule has 1 aromatic rings. The van der Waals surface area contributed by atoms with Crippen molar-refractivity contribution in [2.45, 2.75) is 70.7 Å². The molecule has 9 nitrogen and oxygen atoms in total. The predicted octanol–water partition coefficient (Wildman–Crippen LogP) is 2.00. The number of hydrogen-bond donors (Lipinski definition) is 3. The lowest BCUT2D eigenvalue weighted by molar-refractivity contribution is -0.144. The summed E-state index contributed by atoms with van der Waals surface area (Å²) >= 11 is 0. The molecule has 3 heterocycles. The van der Waals surface area contributed by atoms with Crippen molar-refractivity contribution in [1.82, 2.24) is 10.2 Å². The van der Waals surface area contributed by atoms with Gasteiger partial charge in [-0.3, -0.25) is 14.4 Å². The van der Waals surface area contributed by atoms with Gasteiger partial charge in [-0.05, 0) is 63.3 Å². The number of nitrogens with one attached hydrogen (secondary N) is 2. The molecule has 1 aromatic carbocycles. The quantitative estimate of drug-likeness (QED) is 0.453. The fourth-order valence-corrected chi connectivity index (χ4v) is 6.63. The first kappa shape index (κ1) is 26.4. The van der Waals surface area contributed by atoms with Gasteiger partial charge >= 0.3 is 0 Å². The predicted molar refractivity (Wildman–Crippen MR) is 137 cm³/mol. The van der Waals surface area contributed by atoms with Gasteiger partial charge in [-0.25, -0.2) is 0 Å². The molecule has 2 unspecified atom stereocenters.